The molecule has 0 N–H and O–H groups in total. The average molecular weight is 265 g/mol. The van der Waals surface area contributed by atoms with E-state index in [0.717, 1.165) is 0 Å². The first-order valence-corrected chi connectivity index (χ1v) is 2.05. The SMILES string of the molecule is [CH2-]C#CC(C)C.[W]. The Morgan fingerprint density at radius 2 is 1.86 bits per heavy atom. The van der Waals surface area contributed by atoms with Gasteiger partial charge in [-0.1, -0.05) is 19.8 Å². The maximum atomic E-state index is 3.36. The van der Waals surface area contributed by atoms with Gasteiger partial charge in [0.2, 0.25) is 0 Å². The molecule has 0 unspecified atom stereocenters. The molecule has 0 radical (unpaired) electrons. The van der Waals surface area contributed by atoms with Gasteiger partial charge >= 0.3 is 0 Å². The van der Waals surface area contributed by atoms with Crippen LogP contribution in [0, 0.1) is 24.7 Å². The summed E-state index contributed by atoms with van der Waals surface area (Å²) < 4.78 is 0. The summed E-state index contributed by atoms with van der Waals surface area (Å²) >= 11 is 0. The van der Waals surface area contributed by atoms with E-state index in [2.05, 4.69) is 18.8 Å². The molecule has 40 valence electrons. The van der Waals surface area contributed by atoms with Gasteiger partial charge in [0, 0.05) is 21.1 Å². The Morgan fingerprint density at radius 1 is 1.43 bits per heavy atom. The summed E-state index contributed by atoms with van der Waals surface area (Å²) in [5.74, 6) is 5.89. The zero-order valence-electron chi connectivity index (χ0n) is 4.69. The molecule has 7 heavy (non-hydrogen) atoms. The third-order valence-electron chi connectivity index (χ3n) is 0.391. The summed E-state index contributed by atoms with van der Waals surface area (Å²) in [5.41, 5.74) is 0. The summed E-state index contributed by atoms with van der Waals surface area (Å²) in [6.07, 6.45) is 0. The Morgan fingerprint density at radius 3 is 1.86 bits per heavy atom. The minimum absolute atomic E-state index is 0. The van der Waals surface area contributed by atoms with Crippen molar-refractivity contribution in [1.29, 1.82) is 0 Å². The number of rotatable bonds is 0. The Hall–Kier alpha value is 0.118. The van der Waals surface area contributed by atoms with Gasteiger partial charge < -0.3 is 5.92 Å². The van der Waals surface area contributed by atoms with Gasteiger partial charge in [0.25, 0.3) is 0 Å². The van der Waals surface area contributed by atoms with Crippen molar-refractivity contribution >= 4 is 0 Å². The Bertz CT molecular complexity index is 73.9. The third-order valence-corrected chi connectivity index (χ3v) is 0.391. The van der Waals surface area contributed by atoms with Crippen LogP contribution in [0.1, 0.15) is 13.8 Å². The maximum Gasteiger partial charge on any atom is 0 e. The summed E-state index contributed by atoms with van der Waals surface area (Å²) in [6, 6.07) is 0. The molecule has 0 nitrogen and oxygen atoms in total. The zero-order valence-corrected chi connectivity index (χ0v) is 7.63. The fourth-order valence-electron chi connectivity index (χ4n) is 0.204. The molecule has 0 aromatic rings. The second-order valence-electron chi connectivity index (χ2n) is 1.48. The monoisotopic (exact) mass is 265 g/mol. The van der Waals surface area contributed by atoms with Crippen LogP contribution >= 0.6 is 0 Å². The van der Waals surface area contributed by atoms with Gasteiger partial charge in [0.15, 0.2) is 0 Å². The van der Waals surface area contributed by atoms with Gasteiger partial charge in [0.05, 0.1) is 0 Å². The molecule has 0 rings (SSSR count). The second-order valence-corrected chi connectivity index (χ2v) is 1.48. The smallest absolute Gasteiger partial charge is 0 e. The molecule has 0 aliphatic rings. The van der Waals surface area contributed by atoms with Crippen LogP contribution in [0.15, 0.2) is 0 Å². The Kier molecular flexibility index (Phi) is 8.89. The van der Waals surface area contributed by atoms with Crippen LogP contribution in [-0.2, 0) is 21.1 Å². The molecule has 1 heteroatoms. The molecular formula is C6H9W-. The second kappa shape index (κ2) is 6.12. The van der Waals surface area contributed by atoms with E-state index >= 15 is 0 Å². The average Bonchev–Trinajstić information content (AvgIpc) is 1.35. The van der Waals surface area contributed by atoms with Crippen molar-refractivity contribution in [1.82, 2.24) is 0 Å². The molecule has 0 heterocycles. The molecular weight excluding hydrogens is 256 g/mol. The molecule has 0 fully saturated rings. The van der Waals surface area contributed by atoms with Gasteiger partial charge in [-0.15, -0.1) is 0 Å². The maximum absolute atomic E-state index is 3.36. The molecule has 0 saturated heterocycles. The van der Waals surface area contributed by atoms with E-state index < -0.39 is 0 Å². The minimum atomic E-state index is 0. The first-order chi connectivity index (χ1) is 2.77. The van der Waals surface area contributed by atoms with Crippen LogP contribution in [0.5, 0.6) is 0 Å². The van der Waals surface area contributed by atoms with E-state index in [9.17, 15) is 0 Å². The summed E-state index contributed by atoms with van der Waals surface area (Å²) in [5, 5.41) is 0. The first-order valence-electron chi connectivity index (χ1n) is 2.05. The largest absolute Gasteiger partial charge is 0.325 e. The van der Waals surface area contributed by atoms with E-state index in [1.807, 2.05) is 13.8 Å². The molecule has 0 aliphatic carbocycles. The molecule has 0 atom stereocenters. The Balaban J connectivity index is 0. The zero-order chi connectivity index (χ0) is 4.99. The summed E-state index contributed by atoms with van der Waals surface area (Å²) in [4.78, 5) is 0. The normalized spacial score (nSPS) is 6.14. The van der Waals surface area contributed by atoms with E-state index in [-0.39, 0.29) is 21.1 Å². The molecule has 0 spiro atoms. The van der Waals surface area contributed by atoms with Crippen molar-refractivity contribution in [2.75, 3.05) is 0 Å². The third kappa shape index (κ3) is 10.7. The van der Waals surface area contributed by atoms with Gasteiger partial charge in [0.1, 0.15) is 0 Å². The van der Waals surface area contributed by atoms with Gasteiger partial charge in [-0.2, -0.15) is 6.92 Å². The molecule has 0 bridgehead atoms. The predicted molar refractivity (Wildman–Crippen MR) is 28.0 cm³/mol. The molecule has 0 saturated carbocycles. The fraction of sp³-hybridized carbons (Fsp3) is 0.500. The van der Waals surface area contributed by atoms with Crippen molar-refractivity contribution in [3.63, 3.8) is 0 Å². The minimum Gasteiger partial charge on any atom is -0.325 e. The quantitative estimate of drug-likeness (QED) is 0.459. The number of hydrogen-bond donors (Lipinski definition) is 0. The van der Waals surface area contributed by atoms with Crippen molar-refractivity contribution < 1.29 is 21.1 Å². The van der Waals surface area contributed by atoms with Gasteiger partial charge in [-0.05, 0) is 0 Å². The molecule has 0 amide bonds. The van der Waals surface area contributed by atoms with Crippen molar-refractivity contribution in [3.8, 4) is 11.8 Å². The van der Waals surface area contributed by atoms with Crippen LogP contribution in [0.2, 0.25) is 0 Å². The van der Waals surface area contributed by atoms with Crippen molar-refractivity contribution in [3.05, 3.63) is 6.92 Å². The first kappa shape index (κ1) is 10.2. The molecule has 0 aromatic heterocycles. The van der Waals surface area contributed by atoms with E-state index in [4.69, 9.17) is 0 Å². The van der Waals surface area contributed by atoms with E-state index in [1.165, 1.54) is 0 Å². The topological polar surface area (TPSA) is 0 Å². The number of hydrogen-bond acceptors (Lipinski definition) is 0. The predicted octanol–water partition coefficient (Wildman–Crippen LogP) is 1.48. The Labute approximate surface area is 60.0 Å². The van der Waals surface area contributed by atoms with E-state index in [1.54, 1.807) is 0 Å². The summed E-state index contributed by atoms with van der Waals surface area (Å²) in [7, 11) is 0. The molecule has 0 aromatic carbocycles. The standard InChI is InChI=1S/C6H9.W/c1-4-5-6(2)3;/h6H,1H2,2-3H3;/q-1;. The van der Waals surface area contributed by atoms with Crippen LogP contribution in [0.4, 0.5) is 0 Å². The van der Waals surface area contributed by atoms with Gasteiger partial charge in [-0.25, -0.2) is 0 Å². The van der Waals surface area contributed by atoms with Gasteiger partial charge in [-0.3, -0.25) is 5.92 Å². The van der Waals surface area contributed by atoms with Crippen LogP contribution in [0.3, 0.4) is 0 Å². The van der Waals surface area contributed by atoms with Crippen LogP contribution in [-0.4, -0.2) is 0 Å². The molecule has 0 aliphatic heterocycles. The van der Waals surface area contributed by atoms with E-state index in [0.29, 0.717) is 5.92 Å². The van der Waals surface area contributed by atoms with Crippen molar-refractivity contribution in [2.45, 2.75) is 13.8 Å². The summed E-state index contributed by atoms with van der Waals surface area (Å²) in [6.45, 7) is 7.44. The van der Waals surface area contributed by atoms with Crippen LogP contribution < -0.4 is 0 Å². The van der Waals surface area contributed by atoms with Crippen LogP contribution in [0.25, 0.3) is 0 Å². The van der Waals surface area contributed by atoms with Crippen molar-refractivity contribution in [2.24, 2.45) is 5.92 Å². The fourth-order valence-corrected chi connectivity index (χ4v) is 0.204.